The maximum Gasteiger partial charge on any atom is 0.256 e. The summed E-state index contributed by atoms with van der Waals surface area (Å²) in [6, 6.07) is 7.18. The smallest absolute Gasteiger partial charge is 0.256 e. The quantitative estimate of drug-likeness (QED) is 0.750. The summed E-state index contributed by atoms with van der Waals surface area (Å²) in [5.74, 6) is 0.383. The third-order valence-corrected chi connectivity index (χ3v) is 3.77. The van der Waals surface area contributed by atoms with Crippen molar-refractivity contribution in [2.24, 2.45) is 0 Å². The minimum Gasteiger partial charge on any atom is -0.494 e. The van der Waals surface area contributed by atoms with Gasteiger partial charge in [0.15, 0.2) is 0 Å². The minimum absolute atomic E-state index is 0.243. The lowest BCUT2D eigenvalue weighted by Crippen LogP contribution is -2.42. The van der Waals surface area contributed by atoms with Crippen molar-refractivity contribution in [1.29, 1.82) is 5.26 Å². The van der Waals surface area contributed by atoms with Gasteiger partial charge in [0, 0.05) is 7.11 Å². The molecule has 0 heterocycles. The number of methoxy groups -OCH3 is 1. The maximum absolute atomic E-state index is 12.5. The van der Waals surface area contributed by atoms with Gasteiger partial charge in [0.25, 0.3) is 5.91 Å². The van der Waals surface area contributed by atoms with Gasteiger partial charge in [0.05, 0.1) is 17.9 Å². The SMILES string of the molecule is CCCC[C@@](C)(OC)C(=O)Nc1ccc(OCCC)cc1C#N. The first-order valence-electron chi connectivity index (χ1n) is 8.04. The van der Waals surface area contributed by atoms with Gasteiger partial charge in [-0.15, -0.1) is 0 Å². The van der Waals surface area contributed by atoms with Crippen molar-refractivity contribution in [2.75, 3.05) is 19.0 Å². The second-order valence-corrected chi connectivity index (χ2v) is 5.66. The highest BCUT2D eigenvalue weighted by Crippen LogP contribution is 2.25. The van der Waals surface area contributed by atoms with Crippen molar-refractivity contribution in [3.63, 3.8) is 0 Å². The number of rotatable bonds is 9. The monoisotopic (exact) mass is 318 g/mol. The predicted molar refractivity (Wildman–Crippen MR) is 90.5 cm³/mol. The lowest BCUT2D eigenvalue weighted by atomic mass is 9.97. The third-order valence-electron chi connectivity index (χ3n) is 3.77. The topological polar surface area (TPSA) is 71.3 Å². The lowest BCUT2D eigenvalue weighted by molar-refractivity contribution is -0.136. The van der Waals surface area contributed by atoms with E-state index in [9.17, 15) is 10.1 Å². The predicted octanol–water partition coefficient (Wildman–Crippen LogP) is 3.88. The van der Waals surface area contributed by atoms with Crippen molar-refractivity contribution in [3.05, 3.63) is 23.8 Å². The summed E-state index contributed by atoms with van der Waals surface area (Å²) in [6.45, 7) is 6.44. The zero-order chi connectivity index (χ0) is 17.3. The van der Waals surface area contributed by atoms with E-state index in [1.807, 2.05) is 6.92 Å². The number of hydrogen-bond acceptors (Lipinski definition) is 4. The summed E-state index contributed by atoms with van der Waals surface area (Å²) in [4.78, 5) is 12.5. The van der Waals surface area contributed by atoms with Gasteiger partial charge >= 0.3 is 0 Å². The molecule has 23 heavy (non-hydrogen) atoms. The summed E-state index contributed by atoms with van der Waals surface area (Å²) in [6.07, 6.45) is 3.40. The number of nitrogens with one attached hydrogen (secondary N) is 1. The highest BCUT2D eigenvalue weighted by molar-refractivity contribution is 5.98. The molecule has 1 aromatic rings. The number of carbonyl (C=O) groups is 1. The first-order valence-corrected chi connectivity index (χ1v) is 8.04. The molecular weight excluding hydrogens is 292 g/mol. The molecule has 0 saturated heterocycles. The number of unbranched alkanes of at least 4 members (excludes halogenated alkanes) is 1. The van der Waals surface area contributed by atoms with Crippen LogP contribution in [0.4, 0.5) is 5.69 Å². The van der Waals surface area contributed by atoms with Gasteiger partial charge in [-0.2, -0.15) is 5.26 Å². The molecule has 0 aromatic heterocycles. The summed E-state index contributed by atoms with van der Waals surface area (Å²) in [5, 5.41) is 12.1. The largest absolute Gasteiger partial charge is 0.494 e. The molecule has 5 heteroatoms. The highest BCUT2D eigenvalue weighted by atomic mass is 16.5. The van der Waals surface area contributed by atoms with Crippen LogP contribution in [0.2, 0.25) is 0 Å². The number of nitriles is 1. The van der Waals surface area contributed by atoms with Gasteiger partial charge in [-0.1, -0.05) is 26.7 Å². The third kappa shape index (κ3) is 5.26. The summed E-state index contributed by atoms with van der Waals surface area (Å²) in [7, 11) is 1.53. The van der Waals surface area contributed by atoms with E-state index in [2.05, 4.69) is 18.3 Å². The van der Waals surface area contributed by atoms with E-state index < -0.39 is 5.60 Å². The molecule has 1 aromatic carbocycles. The van der Waals surface area contributed by atoms with Crippen molar-refractivity contribution >= 4 is 11.6 Å². The van der Waals surface area contributed by atoms with Gasteiger partial charge in [-0.25, -0.2) is 0 Å². The average molecular weight is 318 g/mol. The Morgan fingerprint density at radius 2 is 2.09 bits per heavy atom. The molecule has 0 aliphatic rings. The van der Waals surface area contributed by atoms with E-state index in [-0.39, 0.29) is 5.91 Å². The minimum atomic E-state index is -0.903. The van der Waals surface area contributed by atoms with Crippen molar-refractivity contribution < 1.29 is 14.3 Å². The fourth-order valence-corrected chi connectivity index (χ4v) is 2.11. The summed E-state index contributed by atoms with van der Waals surface area (Å²) >= 11 is 0. The van der Waals surface area contributed by atoms with Crippen molar-refractivity contribution in [2.45, 2.75) is 52.1 Å². The fourth-order valence-electron chi connectivity index (χ4n) is 2.11. The molecule has 0 saturated carbocycles. The molecule has 0 radical (unpaired) electrons. The van der Waals surface area contributed by atoms with Crippen LogP contribution in [0.3, 0.4) is 0 Å². The molecule has 1 rings (SSSR count). The van der Waals surface area contributed by atoms with Crippen molar-refractivity contribution in [3.8, 4) is 11.8 Å². The van der Waals surface area contributed by atoms with E-state index in [0.717, 1.165) is 19.3 Å². The number of benzene rings is 1. The molecule has 126 valence electrons. The van der Waals surface area contributed by atoms with Crippen LogP contribution in [0.25, 0.3) is 0 Å². The standard InChI is InChI=1S/C18H26N2O3/c1-5-7-10-18(3,22-4)17(21)20-16-9-8-15(23-11-6-2)12-14(16)13-19/h8-9,12H,5-7,10-11H2,1-4H3,(H,20,21)/t18-/m1/s1. The number of nitrogens with zero attached hydrogens (tertiary/aromatic N) is 1. The molecule has 1 N–H and O–H groups in total. The zero-order valence-electron chi connectivity index (χ0n) is 14.4. The summed E-state index contributed by atoms with van der Waals surface area (Å²) < 4.78 is 10.9. The van der Waals surface area contributed by atoms with Crippen LogP contribution in [0.1, 0.15) is 52.0 Å². The first-order chi connectivity index (χ1) is 11.0. The van der Waals surface area contributed by atoms with Crippen LogP contribution in [0.5, 0.6) is 5.75 Å². The molecular formula is C18H26N2O3. The molecule has 1 amide bonds. The molecule has 0 aliphatic carbocycles. The molecule has 0 aliphatic heterocycles. The van der Waals surface area contributed by atoms with E-state index in [4.69, 9.17) is 9.47 Å². The Morgan fingerprint density at radius 3 is 2.65 bits per heavy atom. The Kier molecular flexibility index (Phi) is 7.56. The van der Waals surface area contributed by atoms with Crippen LogP contribution in [0.15, 0.2) is 18.2 Å². The van der Waals surface area contributed by atoms with E-state index in [1.165, 1.54) is 7.11 Å². The van der Waals surface area contributed by atoms with Gasteiger partial charge < -0.3 is 14.8 Å². The molecule has 0 unspecified atom stereocenters. The average Bonchev–Trinajstić information content (AvgIpc) is 2.58. The Bertz CT molecular complexity index is 566. The van der Waals surface area contributed by atoms with Crippen LogP contribution < -0.4 is 10.1 Å². The van der Waals surface area contributed by atoms with Crippen LogP contribution >= 0.6 is 0 Å². The number of carbonyl (C=O) groups excluding carboxylic acids is 1. The van der Waals surface area contributed by atoms with Crippen LogP contribution in [-0.4, -0.2) is 25.2 Å². The second-order valence-electron chi connectivity index (χ2n) is 5.66. The Morgan fingerprint density at radius 1 is 1.35 bits per heavy atom. The number of amides is 1. The molecule has 0 bridgehead atoms. The molecule has 0 spiro atoms. The van der Waals surface area contributed by atoms with Gasteiger partial charge in [0.2, 0.25) is 0 Å². The second kappa shape index (κ2) is 9.16. The van der Waals surface area contributed by atoms with Gasteiger partial charge in [-0.05, 0) is 38.0 Å². The lowest BCUT2D eigenvalue weighted by Gasteiger charge is -2.27. The Labute approximate surface area is 138 Å². The highest BCUT2D eigenvalue weighted by Gasteiger charge is 2.32. The Hall–Kier alpha value is -2.06. The fraction of sp³-hybridized carbons (Fsp3) is 0.556. The van der Waals surface area contributed by atoms with Gasteiger partial charge in [0.1, 0.15) is 17.4 Å². The maximum atomic E-state index is 12.5. The van der Waals surface area contributed by atoms with E-state index in [1.54, 1.807) is 25.1 Å². The van der Waals surface area contributed by atoms with Crippen molar-refractivity contribution in [1.82, 2.24) is 0 Å². The van der Waals surface area contributed by atoms with Crippen LogP contribution in [0, 0.1) is 11.3 Å². The molecule has 0 fully saturated rings. The number of anilines is 1. The zero-order valence-corrected chi connectivity index (χ0v) is 14.4. The first kappa shape index (κ1) is 19.0. The van der Waals surface area contributed by atoms with Crippen LogP contribution in [-0.2, 0) is 9.53 Å². The molecule has 5 nitrogen and oxygen atoms in total. The van der Waals surface area contributed by atoms with Gasteiger partial charge in [-0.3, -0.25) is 4.79 Å². The molecule has 1 atom stereocenters. The normalized spacial score (nSPS) is 13.0. The number of hydrogen-bond donors (Lipinski definition) is 1. The van der Waals surface area contributed by atoms with E-state index in [0.29, 0.717) is 30.0 Å². The van der Waals surface area contributed by atoms with E-state index >= 15 is 0 Å². The summed E-state index contributed by atoms with van der Waals surface area (Å²) in [5.41, 5.74) is -0.0536. The number of ether oxygens (including phenoxy) is 2. The Balaban J connectivity index is 2.90.